The number of imidazole rings is 1. The molecular weight excluding hydrogens is 244 g/mol. The monoisotopic (exact) mass is 258 g/mol. The predicted molar refractivity (Wildman–Crippen MR) is 73.8 cm³/mol. The standard InChI is InChI=1S/C14H14N2OS/c1-2-10-3-5-11(6-4-10)13-9-18-14-15-12(8-17)7-16(13)14/h3-7,9,17H,2,8H2,1H3. The van der Waals surface area contributed by atoms with Crippen LogP contribution in [0.4, 0.5) is 0 Å². The fourth-order valence-electron chi connectivity index (χ4n) is 2.03. The van der Waals surface area contributed by atoms with Gasteiger partial charge in [0.25, 0.3) is 0 Å². The van der Waals surface area contributed by atoms with Crippen molar-refractivity contribution in [3.05, 3.63) is 47.1 Å². The van der Waals surface area contributed by atoms with Gasteiger partial charge in [0.05, 0.1) is 18.0 Å². The first-order valence-corrected chi connectivity index (χ1v) is 6.85. The zero-order valence-corrected chi connectivity index (χ0v) is 10.9. The molecule has 4 heteroatoms. The molecule has 3 rings (SSSR count). The topological polar surface area (TPSA) is 37.5 Å². The van der Waals surface area contributed by atoms with Crippen molar-refractivity contribution in [2.75, 3.05) is 0 Å². The molecule has 3 aromatic rings. The lowest BCUT2D eigenvalue weighted by molar-refractivity contribution is 0.277. The van der Waals surface area contributed by atoms with E-state index in [1.165, 1.54) is 11.1 Å². The summed E-state index contributed by atoms with van der Waals surface area (Å²) in [5.41, 5.74) is 4.37. The maximum atomic E-state index is 9.12. The van der Waals surface area contributed by atoms with Crippen LogP contribution in [0.15, 0.2) is 35.8 Å². The third kappa shape index (κ3) is 1.83. The molecule has 0 bridgehead atoms. The van der Waals surface area contributed by atoms with E-state index in [-0.39, 0.29) is 6.61 Å². The quantitative estimate of drug-likeness (QED) is 0.783. The Balaban J connectivity index is 2.09. The Kier molecular flexibility index (Phi) is 2.89. The smallest absolute Gasteiger partial charge is 0.194 e. The van der Waals surface area contributed by atoms with Gasteiger partial charge >= 0.3 is 0 Å². The average Bonchev–Trinajstić information content (AvgIpc) is 2.98. The second kappa shape index (κ2) is 4.55. The number of fused-ring (bicyclic) bond motifs is 1. The molecule has 1 aromatic carbocycles. The molecule has 0 fully saturated rings. The summed E-state index contributed by atoms with van der Waals surface area (Å²) in [6.07, 6.45) is 2.95. The summed E-state index contributed by atoms with van der Waals surface area (Å²) in [6.45, 7) is 2.14. The highest BCUT2D eigenvalue weighted by Gasteiger charge is 2.09. The fraction of sp³-hybridized carbons (Fsp3) is 0.214. The summed E-state index contributed by atoms with van der Waals surface area (Å²) in [7, 11) is 0. The van der Waals surface area contributed by atoms with E-state index in [1.807, 2.05) is 10.6 Å². The van der Waals surface area contributed by atoms with Gasteiger partial charge in [0.2, 0.25) is 0 Å². The van der Waals surface area contributed by atoms with E-state index in [4.69, 9.17) is 5.11 Å². The number of aryl methyl sites for hydroxylation is 1. The third-order valence-corrected chi connectivity index (χ3v) is 3.92. The number of hydrogen-bond acceptors (Lipinski definition) is 3. The number of nitrogens with zero attached hydrogens (tertiary/aromatic N) is 2. The maximum absolute atomic E-state index is 9.12. The van der Waals surface area contributed by atoms with Crippen LogP contribution < -0.4 is 0 Å². The minimum atomic E-state index is -0.0113. The van der Waals surface area contributed by atoms with Crippen LogP contribution in [0.1, 0.15) is 18.2 Å². The van der Waals surface area contributed by atoms with E-state index in [9.17, 15) is 0 Å². The summed E-state index contributed by atoms with van der Waals surface area (Å²) >= 11 is 1.60. The van der Waals surface area contributed by atoms with Gasteiger partial charge in [0.1, 0.15) is 0 Å². The highest BCUT2D eigenvalue weighted by Crippen LogP contribution is 2.26. The first kappa shape index (κ1) is 11.4. The van der Waals surface area contributed by atoms with E-state index >= 15 is 0 Å². The van der Waals surface area contributed by atoms with Crippen LogP contribution in [-0.2, 0) is 13.0 Å². The molecule has 0 aliphatic heterocycles. The summed E-state index contributed by atoms with van der Waals surface area (Å²) < 4.78 is 2.04. The van der Waals surface area contributed by atoms with Crippen molar-refractivity contribution in [2.45, 2.75) is 20.0 Å². The molecule has 0 aliphatic rings. The number of aliphatic hydroxyl groups excluding tert-OH is 1. The molecule has 0 amide bonds. The van der Waals surface area contributed by atoms with Gasteiger partial charge in [0.15, 0.2) is 4.96 Å². The van der Waals surface area contributed by atoms with Crippen LogP contribution in [0, 0.1) is 0 Å². The number of aliphatic hydroxyl groups is 1. The predicted octanol–water partition coefficient (Wildman–Crippen LogP) is 3.12. The van der Waals surface area contributed by atoms with Crippen LogP contribution in [0.3, 0.4) is 0 Å². The van der Waals surface area contributed by atoms with Gasteiger partial charge in [-0.05, 0) is 17.5 Å². The second-order valence-corrected chi connectivity index (χ2v) is 5.05. The molecule has 0 radical (unpaired) electrons. The van der Waals surface area contributed by atoms with Gasteiger partial charge in [-0.2, -0.15) is 0 Å². The summed E-state index contributed by atoms with van der Waals surface area (Å²) in [5, 5.41) is 11.2. The summed E-state index contributed by atoms with van der Waals surface area (Å²) in [6, 6.07) is 8.59. The van der Waals surface area contributed by atoms with Gasteiger partial charge in [-0.15, -0.1) is 11.3 Å². The van der Waals surface area contributed by atoms with Crippen molar-refractivity contribution in [3.8, 4) is 11.3 Å². The van der Waals surface area contributed by atoms with Gasteiger partial charge < -0.3 is 5.11 Å². The number of benzene rings is 1. The Labute approximate surface area is 109 Å². The summed E-state index contributed by atoms with van der Waals surface area (Å²) in [4.78, 5) is 5.27. The Morgan fingerprint density at radius 1 is 1.28 bits per heavy atom. The van der Waals surface area contributed by atoms with Crippen LogP contribution in [0.2, 0.25) is 0 Å². The molecule has 2 aromatic heterocycles. The molecule has 0 unspecified atom stereocenters. The van der Waals surface area contributed by atoms with Crippen LogP contribution in [0.5, 0.6) is 0 Å². The van der Waals surface area contributed by atoms with Crippen LogP contribution in [-0.4, -0.2) is 14.5 Å². The molecule has 0 saturated carbocycles. The van der Waals surface area contributed by atoms with Gasteiger partial charge in [0, 0.05) is 11.6 Å². The lowest BCUT2D eigenvalue weighted by Crippen LogP contribution is -1.85. The van der Waals surface area contributed by atoms with E-state index < -0.39 is 0 Å². The largest absolute Gasteiger partial charge is 0.390 e. The molecule has 0 spiro atoms. The molecule has 1 N–H and O–H groups in total. The van der Waals surface area contributed by atoms with E-state index in [1.54, 1.807) is 11.3 Å². The Bertz CT molecular complexity index is 667. The zero-order valence-electron chi connectivity index (χ0n) is 10.1. The minimum absolute atomic E-state index is 0.0113. The Morgan fingerprint density at radius 3 is 2.72 bits per heavy atom. The number of aromatic nitrogens is 2. The van der Waals surface area contributed by atoms with Gasteiger partial charge in [-0.1, -0.05) is 31.2 Å². The summed E-state index contributed by atoms with van der Waals surface area (Å²) in [5.74, 6) is 0. The lowest BCUT2D eigenvalue weighted by atomic mass is 10.1. The number of thiazole rings is 1. The molecule has 92 valence electrons. The highest BCUT2D eigenvalue weighted by molar-refractivity contribution is 7.15. The SMILES string of the molecule is CCc1ccc(-c2csc3nc(CO)cn23)cc1. The van der Waals surface area contributed by atoms with Gasteiger partial charge in [-0.3, -0.25) is 4.40 Å². The van der Waals surface area contributed by atoms with Crippen molar-refractivity contribution in [2.24, 2.45) is 0 Å². The van der Waals surface area contributed by atoms with Crippen LogP contribution in [0.25, 0.3) is 16.2 Å². The molecule has 3 nitrogen and oxygen atoms in total. The van der Waals surface area contributed by atoms with Crippen molar-refractivity contribution in [1.29, 1.82) is 0 Å². The normalized spacial score (nSPS) is 11.2. The highest BCUT2D eigenvalue weighted by atomic mass is 32.1. The second-order valence-electron chi connectivity index (χ2n) is 4.21. The fourth-order valence-corrected chi connectivity index (χ4v) is 2.93. The third-order valence-electron chi connectivity index (χ3n) is 3.08. The Morgan fingerprint density at radius 2 is 2.06 bits per heavy atom. The molecule has 18 heavy (non-hydrogen) atoms. The minimum Gasteiger partial charge on any atom is -0.390 e. The van der Waals surface area contributed by atoms with E-state index in [0.717, 1.165) is 17.1 Å². The maximum Gasteiger partial charge on any atom is 0.194 e. The molecule has 0 aliphatic carbocycles. The average molecular weight is 258 g/mol. The van der Waals surface area contributed by atoms with Crippen molar-refractivity contribution < 1.29 is 5.11 Å². The molecule has 2 heterocycles. The Hall–Kier alpha value is -1.65. The van der Waals surface area contributed by atoms with Crippen molar-refractivity contribution >= 4 is 16.3 Å². The van der Waals surface area contributed by atoms with Crippen LogP contribution >= 0.6 is 11.3 Å². The van der Waals surface area contributed by atoms with E-state index in [2.05, 4.69) is 41.6 Å². The first-order valence-electron chi connectivity index (χ1n) is 5.97. The lowest BCUT2D eigenvalue weighted by Gasteiger charge is -2.01. The zero-order chi connectivity index (χ0) is 12.5. The molecule has 0 saturated heterocycles. The number of hydrogen-bond donors (Lipinski definition) is 1. The van der Waals surface area contributed by atoms with Gasteiger partial charge in [-0.25, -0.2) is 4.98 Å². The van der Waals surface area contributed by atoms with Crippen molar-refractivity contribution in [1.82, 2.24) is 9.38 Å². The van der Waals surface area contributed by atoms with Crippen molar-refractivity contribution in [3.63, 3.8) is 0 Å². The molecule has 0 atom stereocenters. The molecular formula is C14H14N2OS. The number of rotatable bonds is 3. The first-order chi connectivity index (χ1) is 8.81. The van der Waals surface area contributed by atoms with E-state index in [0.29, 0.717) is 5.69 Å².